The van der Waals surface area contributed by atoms with Crippen LogP contribution in [0.4, 0.5) is 0 Å². The van der Waals surface area contributed by atoms with Gasteiger partial charge >= 0.3 is 0 Å². The number of aliphatic hydroxyl groups is 1. The molecule has 136 valence electrons. The molecule has 1 aromatic heterocycles. The van der Waals surface area contributed by atoms with Crippen molar-refractivity contribution in [1.29, 1.82) is 0 Å². The van der Waals surface area contributed by atoms with E-state index in [0.29, 0.717) is 11.6 Å². The molecule has 0 radical (unpaired) electrons. The lowest BCUT2D eigenvalue weighted by molar-refractivity contribution is -0.131. The summed E-state index contributed by atoms with van der Waals surface area (Å²) >= 11 is 5.91. The molecule has 0 bridgehead atoms. The predicted molar refractivity (Wildman–Crippen MR) is 103 cm³/mol. The molecule has 0 unspecified atom stereocenters. The van der Waals surface area contributed by atoms with E-state index in [1.165, 1.54) is 0 Å². The van der Waals surface area contributed by atoms with Crippen molar-refractivity contribution in [2.24, 2.45) is 0 Å². The Bertz CT molecular complexity index is 890. The maximum absolute atomic E-state index is 12.8. The molecule has 0 fully saturated rings. The van der Waals surface area contributed by atoms with Gasteiger partial charge in [0.2, 0.25) is 5.91 Å². The maximum atomic E-state index is 12.8. The van der Waals surface area contributed by atoms with E-state index in [2.05, 4.69) is 4.98 Å². The zero-order valence-electron chi connectivity index (χ0n) is 14.5. The van der Waals surface area contributed by atoms with Crippen LogP contribution in [-0.4, -0.2) is 41.2 Å². The Morgan fingerprint density at radius 2 is 2.00 bits per heavy atom. The molecule has 0 aliphatic heterocycles. The highest BCUT2D eigenvalue weighted by atomic mass is 35.5. The molecule has 26 heavy (non-hydrogen) atoms. The number of ether oxygens (including phenoxy) is 1. The standard InChI is InChI=1S/C20H21ClN2O3/c1-26-17-6-7-19-18(11-17)15(12-22-19)10-20(25)23(8-9-24)13-14-2-4-16(21)5-3-14/h2-7,11-12,22,24H,8-10,13H2,1H3. The first-order valence-corrected chi connectivity index (χ1v) is 8.75. The van der Waals surface area contributed by atoms with Crippen LogP contribution in [-0.2, 0) is 17.8 Å². The Hall–Kier alpha value is -2.50. The van der Waals surface area contributed by atoms with Gasteiger partial charge in [-0.2, -0.15) is 0 Å². The third kappa shape index (κ3) is 4.18. The number of carbonyl (C=O) groups is 1. The van der Waals surface area contributed by atoms with Gasteiger partial charge in [0.15, 0.2) is 0 Å². The van der Waals surface area contributed by atoms with Gasteiger partial charge in [-0.3, -0.25) is 4.79 Å². The summed E-state index contributed by atoms with van der Waals surface area (Å²) in [7, 11) is 1.62. The Morgan fingerprint density at radius 3 is 2.69 bits per heavy atom. The Labute approximate surface area is 157 Å². The summed E-state index contributed by atoms with van der Waals surface area (Å²) in [6.07, 6.45) is 2.10. The van der Waals surface area contributed by atoms with E-state index in [0.717, 1.165) is 27.8 Å². The smallest absolute Gasteiger partial charge is 0.227 e. The van der Waals surface area contributed by atoms with Crippen molar-refractivity contribution in [2.75, 3.05) is 20.3 Å². The number of aromatic amines is 1. The van der Waals surface area contributed by atoms with Gasteiger partial charge in [-0.25, -0.2) is 0 Å². The number of H-pyrrole nitrogens is 1. The highest BCUT2D eigenvalue weighted by molar-refractivity contribution is 6.30. The number of carbonyl (C=O) groups excluding carboxylic acids is 1. The van der Waals surface area contributed by atoms with Gasteiger partial charge in [-0.05, 0) is 41.5 Å². The number of hydrogen-bond donors (Lipinski definition) is 2. The Balaban J connectivity index is 1.78. The Morgan fingerprint density at radius 1 is 1.23 bits per heavy atom. The van der Waals surface area contributed by atoms with Crippen LogP contribution in [0.3, 0.4) is 0 Å². The largest absolute Gasteiger partial charge is 0.497 e. The van der Waals surface area contributed by atoms with Crippen LogP contribution < -0.4 is 4.74 Å². The zero-order valence-corrected chi connectivity index (χ0v) is 15.3. The summed E-state index contributed by atoms with van der Waals surface area (Å²) < 4.78 is 5.27. The number of methoxy groups -OCH3 is 1. The SMILES string of the molecule is COc1ccc2[nH]cc(CC(=O)N(CCO)Cc3ccc(Cl)cc3)c2c1. The van der Waals surface area contributed by atoms with Crippen molar-refractivity contribution < 1.29 is 14.6 Å². The second-order valence-electron chi connectivity index (χ2n) is 6.07. The van der Waals surface area contributed by atoms with E-state index in [9.17, 15) is 9.90 Å². The normalized spacial score (nSPS) is 10.9. The number of rotatable bonds is 7. The molecule has 0 spiro atoms. The Kier molecular flexibility index (Phi) is 5.81. The number of aromatic nitrogens is 1. The minimum atomic E-state index is -0.0823. The lowest BCUT2D eigenvalue weighted by Gasteiger charge is -2.22. The first-order valence-electron chi connectivity index (χ1n) is 8.38. The van der Waals surface area contributed by atoms with E-state index >= 15 is 0 Å². The minimum Gasteiger partial charge on any atom is -0.497 e. The van der Waals surface area contributed by atoms with E-state index in [4.69, 9.17) is 16.3 Å². The monoisotopic (exact) mass is 372 g/mol. The fourth-order valence-corrected chi connectivity index (χ4v) is 3.05. The van der Waals surface area contributed by atoms with Crippen molar-refractivity contribution in [3.8, 4) is 5.75 Å². The molecule has 0 aliphatic rings. The number of nitrogens with zero attached hydrogens (tertiary/aromatic N) is 1. The summed E-state index contributed by atoms with van der Waals surface area (Å²) in [5, 5.41) is 11.0. The molecule has 6 heteroatoms. The van der Waals surface area contributed by atoms with Crippen LogP contribution in [0.5, 0.6) is 5.75 Å². The van der Waals surface area contributed by atoms with Gasteiger partial charge in [0.25, 0.3) is 0 Å². The number of fused-ring (bicyclic) bond motifs is 1. The third-order valence-corrected chi connectivity index (χ3v) is 4.58. The topological polar surface area (TPSA) is 65.6 Å². The first kappa shape index (κ1) is 18.3. The number of amides is 1. The highest BCUT2D eigenvalue weighted by Gasteiger charge is 2.16. The fourth-order valence-electron chi connectivity index (χ4n) is 2.93. The van der Waals surface area contributed by atoms with Crippen molar-refractivity contribution in [3.05, 3.63) is 64.8 Å². The molecule has 1 heterocycles. The van der Waals surface area contributed by atoms with Crippen molar-refractivity contribution >= 4 is 28.4 Å². The van der Waals surface area contributed by atoms with Gasteiger partial charge in [0, 0.05) is 35.2 Å². The quantitative estimate of drug-likeness (QED) is 0.668. The molecule has 5 nitrogen and oxygen atoms in total. The molecule has 2 aromatic carbocycles. The zero-order chi connectivity index (χ0) is 18.5. The van der Waals surface area contributed by atoms with Crippen LogP contribution in [0.2, 0.25) is 5.02 Å². The summed E-state index contributed by atoms with van der Waals surface area (Å²) in [6, 6.07) is 13.1. The molecule has 1 amide bonds. The molecular formula is C20H21ClN2O3. The first-order chi connectivity index (χ1) is 12.6. The summed E-state index contributed by atoms with van der Waals surface area (Å²) in [5.41, 5.74) is 2.83. The molecule has 0 saturated heterocycles. The van der Waals surface area contributed by atoms with Gasteiger partial charge in [-0.1, -0.05) is 23.7 Å². The minimum absolute atomic E-state index is 0.0438. The maximum Gasteiger partial charge on any atom is 0.227 e. The van der Waals surface area contributed by atoms with Gasteiger partial charge < -0.3 is 19.7 Å². The van der Waals surface area contributed by atoms with Crippen molar-refractivity contribution in [1.82, 2.24) is 9.88 Å². The van der Waals surface area contributed by atoms with Crippen molar-refractivity contribution in [2.45, 2.75) is 13.0 Å². The summed E-state index contributed by atoms with van der Waals surface area (Å²) in [6.45, 7) is 0.635. The van der Waals surface area contributed by atoms with Crippen LogP contribution in [0, 0.1) is 0 Å². The van der Waals surface area contributed by atoms with Crippen LogP contribution in [0.1, 0.15) is 11.1 Å². The second kappa shape index (κ2) is 8.25. The summed E-state index contributed by atoms with van der Waals surface area (Å²) in [5.74, 6) is 0.705. The average Bonchev–Trinajstić information content (AvgIpc) is 3.05. The van der Waals surface area contributed by atoms with Gasteiger partial charge in [0.05, 0.1) is 20.1 Å². The van der Waals surface area contributed by atoms with E-state index in [-0.39, 0.29) is 25.5 Å². The molecule has 3 rings (SSSR count). The molecule has 3 aromatic rings. The van der Waals surface area contributed by atoms with Crippen LogP contribution >= 0.6 is 11.6 Å². The van der Waals surface area contributed by atoms with E-state index in [1.54, 1.807) is 24.1 Å². The molecule has 0 saturated carbocycles. The van der Waals surface area contributed by atoms with E-state index in [1.807, 2.05) is 36.5 Å². The van der Waals surface area contributed by atoms with Gasteiger partial charge in [-0.15, -0.1) is 0 Å². The third-order valence-electron chi connectivity index (χ3n) is 4.33. The lowest BCUT2D eigenvalue weighted by atomic mass is 10.1. The van der Waals surface area contributed by atoms with Gasteiger partial charge in [0.1, 0.15) is 5.75 Å². The number of nitrogens with one attached hydrogen (secondary N) is 1. The fraction of sp³-hybridized carbons (Fsp3) is 0.250. The summed E-state index contributed by atoms with van der Waals surface area (Å²) in [4.78, 5) is 17.6. The number of aliphatic hydroxyl groups excluding tert-OH is 1. The second-order valence-corrected chi connectivity index (χ2v) is 6.50. The number of halogens is 1. The molecular weight excluding hydrogens is 352 g/mol. The molecule has 0 atom stereocenters. The van der Waals surface area contributed by atoms with Crippen LogP contribution in [0.25, 0.3) is 10.9 Å². The predicted octanol–water partition coefficient (Wildman–Crippen LogP) is 3.39. The molecule has 2 N–H and O–H groups in total. The van der Waals surface area contributed by atoms with E-state index < -0.39 is 0 Å². The number of benzene rings is 2. The number of hydrogen-bond acceptors (Lipinski definition) is 3. The average molecular weight is 373 g/mol. The van der Waals surface area contributed by atoms with Crippen molar-refractivity contribution in [3.63, 3.8) is 0 Å². The highest BCUT2D eigenvalue weighted by Crippen LogP contribution is 2.24. The lowest BCUT2D eigenvalue weighted by Crippen LogP contribution is -2.34. The van der Waals surface area contributed by atoms with Crippen LogP contribution in [0.15, 0.2) is 48.7 Å². The molecule has 0 aliphatic carbocycles.